The van der Waals surface area contributed by atoms with Gasteiger partial charge in [-0.25, -0.2) is 0 Å². The first-order chi connectivity index (χ1) is 12.7. The summed E-state index contributed by atoms with van der Waals surface area (Å²) < 4.78 is 22.2. The molecule has 1 saturated heterocycles. The third-order valence-electron chi connectivity index (χ3n) is 4.41. The maximum absolute atomic E-state index is 10.5. The fourth-order valence-electron chi connectivity index (χ4n) is 3.18. The number of hydrogen-bond acceptors (Lipinski definition) is 6. The predicted molar refractivity (Wildman–Crippen MR) is 97.5 cm³/mol. The lowest BCUT2D eigenvalue weighted by Gasteiger charge is -2.26. The number of ether oxygens (including phenoxy) is 3. The van der Waals surface area contributed by atoms with E-state index >= 15 is 0 Å². The zero-order valence-electron chi connectivity index (χ0n) is 15.2. The first-order valence-electron chi connectivity index (χ1n) is 9.05. The Labute approximate surface area is 154 Å². The monoisotopic (exact) mass is 361 g/mol. The quantitative estimate of drug-likeness (QED) is 0.702. The van der Waals surface area contributed by atoms with Crippen LogP contribution in [0.3, 0.4) is 0 Å². The first kappa shape index (κ1) is 18.8. The molecule has 1 N–H and O–H groups in total. The van der Waals surface area contributed by atoms with Crippen molar-refractivity contribution in [3.63, 3.8) is 0 Å². The average molecular weight is 361 g/mol. The molecule has 6 heteroatoms. The van der Waals surface area contributed by atoms with Gasteiger partial charge in [0.1, 0.15) is 18.5 Å². The Kier molecular flexibility index (Phi) is 6.94. The van der Waals surface area contributed by atoms with Crippen LogP contribution in [0.25, 0.3) is 0 Å². The first-order valence-corrected chi connectivity index (χ1v) is 9.05. The smallest absolute Gasteiger partial charge is 0.161 e. The normalized spacial score (nSPS) is 18.2. The Hall–Kier alpha value is -2.02. The van der Waals surface area contributed by atoms with Crippen LogP contribution in [0.15, 0.2) is 47.1 Å². The summed E-state index contributed by atoms with van der Waals surface area (Å²) in [5.41, 5.74) is 0. The van der Waals surface area contributed by atoms with Gasteiger partial charge in [-0.15, -0.1) is 0 Å². The van der Waals surface area contributed by atoms with Crippen molar-refractivity contribution in [3.05, 3.63) is 48.4 Å². The standard InChI is InChI=1S/C20H27NO5/c1-23-19-8-2-3-9-20(19)26-15-16(22)12-21(13-17-6-4-10-24-17)14-18-7-5-11-25-18/h2-4,6,8-10,16,18,22H,5,7,11-15H2,1H3. The van der Waals surface area contributed by atoms with Crippen molar-refractivity contribution in [2.45, 2.75) is 31.6 Å². The van der Waals surface area contributed by atoms with E-state index in [1.807, 2.05) is 36.4 Å². The Bertz CT molecular complexity index is 639. The number of aliphatic hydroxyl groups excluding tert-OH is 1. The average Bonchev–Trinajstić information content (AvgIpc) is 3.34. The van der Waals surface area contributed by atoms with E-state index in [0.717, 1.165) is 31.8 Å². The van der Waals surface area contributed by atoms with Crippen molar-refractivity contribution in [3.8, 4) is 11.5 Å². The van der Waals surface area contributed by atoms with E-state index in [1.54, 1.807) is 13.4 Å². The van der Waals surface area contributed by atoms with Crippen LogP contribution >= 0.6 is 0 Å². The van der Waals surface area contributed by atoms with Gasteiger partial charge >= 0.3 is 0 Å². The maximum atomic E-state index is 10.5. The molecular weight excluding hydrogens is 334 g/mol. The van der Waals surface area contributed by atoms with Crippen molar-refractivity contribution in [2.75, 3.05) is 33.4 Å². The zero-order valence-corrected chi connectivity index (χ0v) is 15.2. The summed E-state index contributed by atoms with van der Waals surface area (Å²) in [5, 5.41) is 10.5. The summed E-state index contributed by atoms with van der Waals surface area (Å²) in [7, 11) is 1.60. The lowest BCUT2D eigenvalue weighted by molar-refractivity contribution is 0.0287. The van der Waals surface area contributed by atoms with Gasteiger partial charge in [0.15, 0.2) is 11.5 Å². The number of nitrogens with zero attached hydrogens (tertiary/aromatic N) is 1. The number of furan rings is 1. The second kappa shape index (κ2) is 9.62. The molecule has 0 aliphatic carbocycles. The highest BCUT2D eigenvalue weighted by molar-refractivity contribution is 5.39. The molecule has 2 atom stereocenters. The van der Waals surface area contributed by atoms with Crippen molar-refractivity contribution in [1.82, 2.24) is 4.90 Å². The van der Waals surface area contributed by atoms with E-state index in [1.165, 1.54) is 0 Å². The van der Waals surface area contributed by atoms with Gasteiger partial charge in [-0.05, 0) is 37.1 Å². The van der Waals surface area contributed by atoms with E-state index in [0.29, 0.717) is 24.6 Å². The molecule has 2 unspecified atom stereocenters. The second-order valence-electron chi connectivity index (χ2n) is 6.52. The number of para-hydroxylation sites is 2. The minimum atomic E-state index is -0.628. The molecule has 142 valence electrons. The molecule has 1 aliphatic heterocycles. The van der Waals surface area contributed by atoms with E-state index in [9.17, 15) is 5.11 Å². The summed E-state index contributed by atoms with van der Waals surface area (Å²) in [5.74, 6) is 2.16. The Balaban J connectivity index is 1.54. The molecule has 1 aromatic heterocycles. The molecule has 26 heavy (non-hydrogen) atoms. The summed E-state index contributed by atoms with van der Waals surface area (Å²) >= 11 is 0. The molecule has 2 aromatic rings. The van der Waals surface area contributed by atoms with Crippen LogP contribution in [0.1, 0.15) is 18.6 Å². The van der Waals surface area contributed by atoms with Gasteiger partial charge < -0.3 is 23.7 Å². The maximum Gasteiger partial charge on any atom is 0.161 e. The number of hydrogen-bond donors (Lipinski definition) is 1. The highest BCUT2D eigenvalue weighted by atomic mass is 16.5. The minimum Gasteiger partial charge on any atom is -0.493 e. The zero-order chi connectivity index (χ0) is 18.2. The molecule has 1 aromatic carbocycles. The van der Waals surface area contributed by atoms with Crippen LogP contribution in [0.2, 0.25) is 0 Å². The molecular formula is C20H27NO5. The van der Waals surface area contributed by atoms with Crippen LogP contribution in [0, 0.1) is 0 Å². The van der Waals surface area contributed by atoms with Gasteiger partial charge in [-0.3, -0.25) is 4.90 Å². The lowest BCUT2D eigenvalue weighted by atomic mass is 10.2. The molecule has 1 fully saturated rings. The Morgan fingerprint density at radius 2 is 2.08 bits per heavy atom. The summed E-state index contributed by atoms with van der Waals surface area (Å²) in [6.45, 7) is 2.90. The SMILES string of the molecule is COc1ccccc1OCC(O)CN(Cc1ccco1)CC1CCCO1. The molecule has 6 nitrogen and oxygen atoms in total. The topological polar surface area (TPSA) is 64.3 Å². The Morgan fingerprint density at radius 3 is 2.77 bits per heavy atom. The molecule has 0 spiro atoms. The highest BCUT2D eigenvalue weighted by Gasteiger charge is 2.22. The van der Waals surface area contributed by atoms with E-state index in [2.05, 4.69) is 4.90 Å². The number of rotatable bonds is 10. The largest absolute Gasteiger partial charge is 0.493 e. The third-order valence-corrected chi connectivity index (χ3v) is 4.41. The van der Waals surface area contributed by atoms with Crippen molar-refractivity contribution in [1.29, 1.82) is 0 Å². The van der Waals surface area contributed by atoms with E-state index in [4.69, 9.17) is 18.6 Å². The number of methoxy groups -OCH3 is 1. The van der Waals surface area contributed by atoms with Gasteiger partial charge in [0.05, 0.1) is 26.0 Å². The van der Waals surface area contributed by atoms with Crippen LogP contribution in [0.4, 0.5) is 0 Å². The highest BCUT2D eigenvalue weighted by Crippen LogP contribution is 2.26. The second-order valence-corrected chi connectivity index (χ2v) is 6.52. The van der Waals surface area contributed by atoms with Crippen LogP contribution in [-0.2, 0) is 11.3 Å². The third kappa shape index (κ3) is 5.49. The predicted octanol–water partition coefficient (Wildman–Crippen LogP) is 2.71. The summed E-state index contributed by atoms with van der Waals surface area (Å²) in [4.78, 5) is 2.16. The van der Waals surface area contributed by atoms with Gasteiger partial charge in [-0.1, -0.05) is 12.1 Å². The van der Waals surface area contributed by atoms with Crippen LogP contribution in [0.5, 0.6) is 11.5 Å². The molecule has 2 heterocycles. The summed E-state index contributed by atoms with van der Waals surface area (Å²) in [6.07, 6.45) is 3.41. The minimum absolute atomic E-state index is 0.195. The molecule has 0 saturated carbocycles. The van der Waals surface area contributed by atoms with Gasteiger partial charge in [0, 0.05) is 19.7 Å². The van der Waals surface area contributed by atoms with Gasteiger partial charge in [0.2, 0.25) is 0 Å². The molecule has 0 amide bonds. The van der Waals surface area contributed by atoms with E-state index in [-0.39, 0.29) is 12.7 Å². The van der Waals surface area contributed by atoms with E-state index < -0.39 is 6.10 Å². The van der Waals surface area contributed by atoms with Crippen molar-refractivity contribution in [2.24, 2.45) is 0 Å². The Morgan fingerprint density at radius 1 is 1.23 bits per heavy atom. The number of benzene rings is 1. The fourth-order valence-corrected chi connectivity index (χ4v) is 3.18. The fraction of sp³-hybridized carbons (Fsp3) is 0.500. The molecule has 1 aliphatic rings. The van der Waals surface area contributed by atoms with Crippen molar-refractivity contribution < 1.29 is 23.7 Å². The summed E-state index contributed by atoms with van der Waals surface area (Å²) in [6, 6.07) is 11.3. The van der Waals surface area contributed by atoms with Crippen LogP contribution in [-0.4, -0.2) is 55.6 Å². The lowest BCUT2D eigenvalue weighted by Crippen LogP contribution is -2.39. The number of aliphatic hydroxyl groups is 1. The van der Waals surface area contributed by atoms with Gasteiger partial charge in [0.25, 0.3) is 0 Å². The van der Waals surface area contributed by atoms with Crippen molar-refractivity contribution >= 4 is 0 Å². The van der Waals surface area contributed by atoms with Crippen LogP contribution < -0.4 is 9.47 Å². The molecule has 0 radical (unpaired) electrons. The molecule has 0 bridgehead atoms. The molecule has 3 rings (SSSR count). The van der Waals surface area contributed by atoms with Gasteiger partial charge in [-0.2, -0.15) is 0 Å².